The number of aromatic nitrogens is 3. The Morgan fingerprint density at radius 1 is 1.16 bits per heavy atom. The summed E-state index contributed by atoms with van der Waals surface area (Å²) in [6.45, 7) is 20.7. The first-order valence-electron chi connectivity index (χ1n) is 12.6. The van der Waals surface area contributed by atoms with Crippen LogP contribution in [0.4, 0.5) is 0 Å². The molecule has 1 fully saturated rings. The molecule has 3 rings (SSSR count). The Morgan fingerprint density at radius 2 is 1.74 bits per heavy atom. The molecule has 0 aromatic carbocycles. The van der Waals surface area contributed by atoms with E-state index in [9.17, 15) is 13.2 Å². The Bertz CT molecular complexity index is 1200. The Balaban J connectivity index is 2.20. The molecular weight excluding hydrogens is 547 g/mol. The Morgan fingerprint density at radius 3 is 2.21 bits per heavy atom. The number of hydrogen-bond acceptors (Lipinski definition) is 10. The van der Waals surface area contributed by atoms with Crippen LogP contribution in [0.25, 0.3) is 0 Å². The molecule has 1 amide bonds. The quantitative estimate of drug-likeness (QED) is 0.358. The van der Waals surface area contributed by atoms with Gasteiger partial charge in [-0.25, -0.2) is 8.86 Å². The van der Waals surface area contributed by atoms with E-state index in [0.717, 1.165) is 5.41 Å². The summed E-state index contributed by atoms with van der Waals surface area (Å²) in [5.74, 6) is -0.442. The highest BCUT2D eigenvalue weighted by molar-refractivity contribution is 7.90. The minimum absolute atomic E-state index is 0.00157. The van der Waals surface area contributed by atoms with Crippen molar-refractivity contribution in [1.29, 1.82) is 0 Å². The average molecular weight is 590 g/mol. The fourth-order valence-corrected chi connectivity index (χ4v) is 7.42. The topological polar surface area (TPSA) is 157 Å². The number of carbonyl (C=O) groups excluding carboxylic acids is 1. The first-order valence-corrected chi connectivity index (χ1v) is 19.9. The molecule has 12 nitrogen and oxygen atoms in total. The van der Waals surface area contributed by atoms with Crippen LogP contribution in [0.5, 0.6) is 0 Å². The molecule has 0 unspecified atom stereocenters. The summed E-state index contributed by atoms with van der Waals surface area (Å²) in [6, 6.07) is 0. The first-order chi connectivity index (χ1) is 17.1. The second-order valence-electron chi connectivity index (χ2n) is 13.0. The number of nitrogens with two attached hydrogens (primary N) is 1. The van der Waals surface area contributed by atoms with Gasteiger partial charge >= 0.3 is 0 Å². The van der Waals surface area contributed by atoms with E-state index >= 15 is 0 Å². The van der Waals surface area contributed by atoms with Gasteiger partial charge in [0, 0.05) is 7.05 Å². The molecule has 15 heteroatoms. The van der Waals surface area contributed by atoms with Crippen molar-refractivity contribution in [3.8, 4) is 0 Å². The highest BCUT2D eigenvalue weighted by atomic mass is 32.2. The summed E-state index contributed by atoms with van der Waals surface area (Å²) < 4.78 is 52.5. The van der Waals surface area contributed by atoms with E-state index in [1.807, 2.05) is 13.1 Å². The van der Waals surface area contributed by atoms with Crippen molar-refractivity contribution in [3.63, 3.8) is 0 Å². The smallest absolute Gasteiger partial charge is 0.292 e. The SMILES string of the molecule is CNC(=O)c1cnnn1[C@@H]1O[C@H](CO[Si](C)(C)C(C)(C)C)[C@@]2(OS(=O)(=O)C=C2N)[C@H]1O[Si](C)(C)C(C)(C)C. The van der Waals surface area contributed by atoms with Crippen LogP contribution in [0.3, 0.4) is 0 Å². The number of nitrogens with one attached hydrogen (secondary N) is 1. The predicted octanol–water partition coefficient (Wildman–Crippen LogP) is 2.85. The molecule has 1 spiro atoms. The fourth-order valence-electron chi connectivity index (χ4n) is 3.91. The molecule has 38 heavy (non-hydrogen) atoms. The minimum atomic E-state index is -4.15. The van der Waals surface area contributed by atoms with Gasteiger partial charge in [-0.15, -0.1) is 5.10 Å². The molecule has 4 atom stereocenters. The van der Waals surface area contributed by atoms with Crippen LogP contribution >= 0.6 is 0 Å². The molecular formula is C23H43N5O7SSi2. The molecule has 1 aromatic heterocycles. The molecule has 0 radical (unpaired) electrons. The molecule has 3 heterocycles. The van der Waals surface area contributed by atoms with Gasteiger partial charge in [-0.3, -0.25) is 4.79 Å². The zero-order valence-corrected chi connectivity index (χ0v) is 27.1. The summed E-state index contributed by atoms with van der Waals surface area (Å²) in [6.07, 6.45) is -1.82. The molecule has 2 aliphatic rings. The minimum Gasteiger partial charge on any atom is -0.414 e. The van der Waals surface area contributed by atoms with E-state index in [-0.39, 0.29) is 28.1 Å². The van der Waals surface area contributed by atoms with Gasteiger partial charge in [-0.05, 0) is 36.3 Å². The lowest BCUT2D eigenvalue weighted by atomic mass is 9.89. The zero-order chi connectivity index (χ0) is 29.1. The summed E-state index contributed by atoms with van der Waals surface area (Å²) in [5, 5.41) is 11.1. The molecule has 3 N–H and O–H groups in total. The van der Waals surface area contributed by atoms with E-state index in [1.165, 1.54) is 17.9 Å². The van der Waals surface area contributed by atoms with Crippen molar-refractivity contribution in [2.75, 3.05) is 13.7 Å². The van der Waals surface area contributed by atoms with Gasteiger partial charge in [0.15, 0.2) is 28.5 Å². The number of carbonyl (C=O) groups is 1. The average Bonchev–Trinajstić information content (AvgIpc) is 3.40. The molecule has 216 valence electrons. The molecule has 0 saturated carbocycles. The third kappa shape index (κ3) is 5.38. The fraction of sp³-hybridized carbons (Fsp3) is 0.783. The summed E-state index contributed by atoms with van der Waals surface area (Å²) in [4.78, 5) is 12.7. The van der Waals surface area contributed by atoms with E-state index in [1.54, 1.807) is 0 Å². The Labute approximate surface area is 228 Å². The maximum Gasteiger partial charge on any atom is 0.292 e. The van der Waals surface area contributed by atoms with Crippen LogP contribution in [0.1, 0.15) is 58.3 Å². The number of amides is 1. The lowest BCUT2D eigenvalue weighted by Crippen LogP contribution is -2.59. The van der Waals surface area contributed by atoms with Gasteiger partial charge in [-0.1, -0.05) is 46.8 Å². The van der Waals surface area contributed by atoms with Crippen molar-refractivity contribution < 1.29 is 31.0 Å². The lowest BCUT2D eigenvalue weighted by molar-refractivity contribution is -0.0601. The summed E-state index contributed by atoms with van der Waals surface area (Å²) in [5.41, 5.74) is 4.81. The zero-order valence-electron chi connectivity index (χ0n) is 24.3. The normalized spacial score (nSPS) is 28.1. The van der Waals surface area contributed by atoms with E-state index in [4.69, 9.17) is 23.5 Å². The maximum atomic E-state index is 12.8. The van der Waals surface area contributed by atoms with Crippen LogP contribution in [-0.4, -0.2) is 77.4 Å². The van der Waals surface area contributed by atoms with Gasteiger partial charge in [0.05, 0.1) is 23.9 Å². The third-order valence-electron chi connectivity index (χ3n) is 8.35. The highest BCUT2D eigenvalue weighted by Crippen LogP contribution is 2.52. The molecule has 1 aromatic rings. The molecule has 0 bridgehead atoms. The van der Waals surface area contributed by atoms with Gasteiger partial charge in [-0.2, -0.15) is 8.42 Å². The number of rotatable bonds is 7. The first kappa shape index (κ1) is 30.9. The highest BCUT2D eigenvalue weighted by Gasteiger charge is 2.67. The third-order valence-corrected chi connectivity index (χ3v) is 18.4. The van der Waals surface area contributed by atoms with Crippen molar-refractivity contribution in [2.45, 2.75) is 102 Å². The van der Waals surface area contributed by atoms with Gasteiger partial charge < -0.3 is 24.6 Å². The van der Waals surface area contributed by atoms with Crippen molar-refractivity contribution in [3.05, 3.63) is 23.0 Å². The molecule has 0 aliphatic carbocycles. The molecule has 1 saturated heterocycles. The van der Waals surface area contributed by atoms with Crippen LogP contribution in [-0.2, 0) is 27.9 Å². The Hall–Kier alpha value is -1.63. The second kappa shape index (κ2) is 9.78. The van der Waals surface area contributed by atoms with Gasteiger partial charge in [0.2, 0.25) is 0 Å². The standard InChI is InChI=1S/C23H43N5O7SSi2/c1-21(2,3)37(8,9)32-13-17-23(16(24)14-36(30,31)35-23)18(34-38(10,11)22(4,5)6)20(33-17)28-15(12-26-27-28)19(29)25-7/h12,14,17-18,20H,13,24H2,1-11H3,(H,25,29)/t17-,18+,20-,23-/m1/s1. The number of nitrogens with zero attached hydrogens (tertiary/aromatic N) is 3. The van der Waals surface area contributed by atoms with Gasteiger partial charge in [0.1, 0.15) is 17.9 Å². The largest absolute Gasteiger partial charge is 0.414 e. The number of ether oxygens (including phenoxy) is 1. The predicted molar refractivity (Wildman–Crippen MR) is 148 cm³/mol. The lowest BCUT2D eigenvalue weighted by Gasteiger charge is -2.43. The Kier molecular flexibility index (Phi) is 7.95. The van der Waals surface area contributed by atoms with Crippen LogP contribution < -0.4 is 11.1 Å². The van der Waals surface area contributed by atoms with E-state index in [0.29, 0.717) is 0 Å². The van der Waals surface area contributed by atoms with Crippen molar-refractivity contribution in [1.82, 2.24) is 20.3 Å². The van der Waals surface area contributed by atoms with Crippen molar-refractivity contribution in [2.24, 2.45) is 5.73 Å². The second-order valence-corrected chi connectivity index (χ2v) is 23.9. The summed E-state index contributed by atoms with van der Waals surface area (Å²) >= 11 is 0. The number of hydrogen-bond donors (Lipinski definition) is 2. The monoisotopic (exact) mass is 589 g/mol. The maximum absolute atomic E-state index is 12.8. The van der Waals surface area contributed by atoms with Crippen molar-refractivity contribution >= 4 is 32.7 Å². The van der Waals surface area contributed by atoms with E-state index < -0.39 is 56.7 Å². The van der Waals surface area contributed by atoms with E-state index in [2.05, 4.69) is 70.3 Å². The van der Waals surface area contributed by atoms with Gasteiger partial charge in [0.25, 0.3) is 16.0 Å². The van der Waals surface area contributed by atoms with Crippen LogP contribution in [0.2, 0.25) is 36.3 Å². The summed E-state index contributed by atoms with van der Waals surface area (Å²) in [7, 11) is -7.55. The van der Waals surface area contributed by atoms with Crippen LogP contribution in [0, 0.1) is 0 Å². The molecule has 2 aliphatic heterocycles. The van der Waals surface area contributed by atoms with Crippen LogP contribution in [0.15, 0.2) is 17.3 Å².